The van der Waals surface area contributed by atoms with E-state index in [4.69, 9.17) is 0 Å². The molecule has 14 heteroatoms. The Morgan fingerprint density at radius 3 is 2.41 bits per heavy atom. The molecule has 0 saturated heterocycles. The van der Waals surface area contributed by atoms with E-state index in [9.17, 15) is 36.2 Å². The first kappa shape index (κ1) is 23.5. The highest BCUT2D eigenvalue weighted by Crippen LogP contribution is 2.42. The van der Waals surface area contributed by atoms with E-state index in [1.54, 1.807) is 6.08 Å². The van der Waals surface area contributed by atoms with Crippen molar-refractivity contribution in [1.82, 2.24) is 24.3 Å². The topological polar surface area (TPSA) is 89.1 Å². The van der Waals surface area contributed by atoms with Crippen molar-refractivity contribution < 1.29 is 31.4 Å². The third-order valence-electron chi connectivity index (χ3n) is 5.11. The third-order valence-corrected chi connectivity index (χ3v) is 5.11. The standard InChI is InChI=1S/C20H16F6N6O2/c21-13-3-1-12(2-4-13)14-5-7-30(9-15(14)33)17-27-10-31(18(34)28-17)11-32-8-6-16(29-32)19(22,23)20(24,25)26/h1-6,8,10,15,33H,7,9,11H2. The minimum atomic E-state index is -5.81. The van der Waals surface area contributed by atoms with E-state index < -0.39 is 42.1 Å². The summed E-state index contributed by atoms with van der Waals surface area (Å²) in [6, 6.07) is 6.11. The van der Waals surface area contributed by atoms with Crippen LogP contribution < -0.4 is 10.6 Å². The Kier molecular flexibility index (Phi) is 5.93. The minimum Gasteiger partial charge on any atom is -0.387 e. The van der Waals surface area contributed by atoms with Crippen LogP contribution in [-0.4, -0.2) is 54.8 Å². The van der Waals surface area contributed by atoms with Crippen LogP contribution in [-0.2, 0) is 12.6 Å². The predicted molar refractivity (Wildman–Crippen MR) is 106 cm³/mol. The first-order valence-corrected chi connectivity index (χ1v) is 9.76. The van der Waals surface area contributed by atoms with Gasteiger partial charge in [-0.1, -0.05) is 18.2 Å². The van der Waals surface area contributed by atoms with E-state index in [2.05, 4.69) is 15.1 Å². The molecule has 1 unspecified atom stereocenters. The van der Waals surface area contributed by atoms with E-state index in [0.717, 1.165) is 21.8 Å². The molecule has 1 aromatic carbocycles. The van der Waals surface area contributed by atoms with Gasteiger partial charge < -0.3 is 10.0 Å². The second kappa shape index (κ2) is 8.59. The number of β-amino-alcohol motifs (C(OH)–C–C–N with tert-alkyl or cyclic N) is 1. The molecule has 1 atom stereocenters. The summed E-state index contributed by atoms with van der Waals surface area (Å²) in [6.45, 7) is -0.214. The third kappa shape index (κ3) is 4.53. The van der Waals surface area contributed by atoms with E-state index in [1.165, 1.54) is 29.2 Å². The molecule has 8 nitrogen and oxygen atoms in total. The number of nitrogens with zero attached hydrogens (tertiary/aromatic N) is 6. The number of benzene rings is 1. The number of rotatable bonds is 5. The fraction of sp³-hybridized carbons (Fsp3) is 0.300. The summed E-state index contributed by atoms with van der Waals surface area (Å²) in [6.07, 6.45) is -3.18. The average Bonchev–Trinajstić information content (AvgIpc) is 3.24. The van der Waals surface area contributed by atoms with Gasteiger partial charge in [-0.3, -0.25) is 9.25 Å². The summed E-state index contributed by atoms with van der Waals surface area (Å²) in [7, 11) is 0. The molecule has 180 valence electrons. The molecule has 2 aromatic heterocycles. The Balaban J connectivity index is 1.48. The van der Waals surface area contributed by atoms with E-state index in [1.807, 2.05) is 0 Å². The van der Waals surface area contributed by atoms with Crippen molar-refractivity contribution >= 4 is 11.5 Å². The van der Waals surface area contributed by atoms with Crippen LogP contribution in [0, 0.1) is 5.82 Å². The van der Waals surface area contributed by atoms with Gasteiger partial charge in [0.05, 0.1) is 12.6 Å². The number of hydrogen-bond donors (Lipinski definition) is 1. The van der Waals surface area contributed by atoms with Gasteiger partial charge in [-0.15, -0.1) is 0 Å². The Bertz CT molecular complexity index is 1270. The molecule has 0 amide bonds. The molecule has 0 radical (unpaired) electrons. The molecule has 0 saturated carbocycles. The van der Waals surface area contributed by atoms with Crippen molar-refractivity contribution in [3.05, 3.63) is 76.5 Å². The molecule has 0 bridgehead atoms. The summed E-state index contributed by atoms with van der Waals surface area (Å²) in [5.74, 6) is -5.57. The zero-order valence-corrected chi connectivity index (χ0v) is 17.1. The predicted octanol–water partition coefficient (Wildman–Crippen LogP) is 2.40. The van der Waals surface area contributed by atoms with Crippen molar-refractivity contribution in [2.24, 2.45) is 0 Å². The van der Waals surface area contributed by atoms with Crippen LogP contribution in [0.25, 0.3) is 5.57 Å². The number of aromatic nitrogens is 5. The monoisotopic (exact) mass is 486 g/mol. The first-order valence-electron chi connectivity index (χ1n) is 9.76. The van der Waals surface area contributed by atoms with Crippen molar-refractivity contribution in [2.45, 2.75) is 24.9 Å². The Morgan fingerprint density at radius 2 is 1.79 bits per heavy atom. The lowest BCUT2D eigenvalue weighted by Crippen LogP contribution is -2.40. The number of aliphatic hydroxyl groups is 1. The molecule has 0 aliphatic carbocycles. The second-order valence-electron chi connectivity index (χ2n) is 7.45. The highest BCUT2D eigenvalue weighted by atomic mass is 19.4. The van der Waals surface area contributed by atoms with E-state index in [-0.39, 0.29) is 19.0 Å². The number of alkyl halides is 5. The summed E-state index contributed by atoms with van der Waals surface area (Å²) in [4.78, 5) is 21.7. The molecule has 4 rings (SSSR count). The Hall–Kier alpha value is -3.68. The fourth-order valence-corrected chi connectivity index (χ4v) is 3.35. The lowest BCUT2D eigenvalue weighted by molar-refractivity contribution is -0.291. The van der Waals surface area contributed by atoms with Crippen LogP contribution in [0.15, 0.2) is 53.7 Å². The van der Waals surface area contributed by atoms with Gasteiger partial charge in [0.15, 0.2) is 0 Å². The molecular formula is C20H16F6N6O2. The van der Waals surface area contributed by atoms with Gasteiger partial charge in [0.1, 0.15) is 24.5 Å². The van der Waals surface area contributed by atoms with Crippen LogP contribution in [0.3, 0.4) is 0 Å². The van der Waals surface area contributed by atoms with Gasteiger partial charge in [0.2, 0.25) is 5.95 Å². The smallest absolute Gasteiger partial charge is 0.387 e. The molecule has 34 heavy (non-hydrogen) atoms. The van der Waals surface area contributed by atoms with Crippen LogP contribution in [0.2, 0.25) is 0 Å². The highest BCUT2D eigenvalue weighted by Gasteiger charge is 2.60. The normalized spacial score (nSPS) is 17.1. The van der Waals surface area contributed by atoms with Crippen LogP contribution in [0.5, 0.6) is 0 Å². The lowest BCUT2D eigenvalue weighted by Gasteiger charge is -2.30. The fourth-order valence-electron chi connectivity index (χ4n) is 3.35. The summed E-state index contributed by atoms with van der Waals surface area (Å²) in [5, 5.41) is 13.7. The van der Waals surface area contributed by atoms with Gasteiger partial charge >= 0.3 is 17.8 Å². The summed E-state index contributed by atoms with van der Waals surface area (Å²) < 4.78 is 79.0. The largest absolute Gasteiger partial charge is 0.459 e. The second-order valence-corrected chi connectivity index (χ2v) is 7.45. The van der Waals surface area contributed by atoms with Crippen molar-refractivity contribution in [3.8, 4) is 0 Å². The van der Waals surface area contributed by atoms with E-state index in [0.29, 0.717) is 17.2 Å². The van der Waals surface area contributed by atoms with Gasteiger partial charge in [-0.05, 0) is 29.3 Å². The van der Waals surface area contributed by atoms with Crippen LogP contribution in [0.1, 0.15) is 11.3 Å². The van der Waals surface area contributed by atoms with Crippen LogP contribution >= 0.6 is 0 Å². The van der Waals surface area contributed by atoms with Gasteiger partial charge in [-0.2, -0.15) is 32.0 Å². The zero-order valence-electron chi connectivity index (χ0n) is 17.1. The maximum Gasteiger partial charge on any atom is 0.459 e. The van der Waals surface area contributed by atoms with Crippen molar-refractivity contribution in [3.63, 3.8) is 0 Å². The molecule has 0 fully saturated rings. The van der Waals surface area contributed by atoms with Crippen LogP contribution in [0.4, 0.5) is 32.3 Å². The molecule has 0 spiro atoms. The first-order chi connectivity index (χ1) is 16.0. The highest BCUT2D eigenvalue weighted by molar-refractivity contribution is 5.71. The van der Waals surface area contributed by atoms with Gasteiger partial charge in [-0.25, -0.2) is 14.2 Å². The molecule has 1 aliphatic rings. The zero-order chi connectivity index (χ0) is 24.7. The minimum absolute atomic E-state index is 0.0144. The molecule has 3 aromatic rings. The maximum atomic E-state index is 13.4. The van der Waals surface area contributed by atoms with E-state index >= 15 is 0 Å². The molecule has 1 N–H and O–H groups in total. The average molecular weight is 486 g/mol. The SMILES string of the molecule is O=c1nc(N2CC=C(c3ccc(F)cc3)C(O)C2)ncn1Cn1ccc(C(F)(F)C(F)(F)F)n1. The van der Waals surface area contributed by atoms with Crippen molar-refractivity contribution in [1.29, 1.82) is 0 Å². The molecule has 3 heterocycles. The Labute approximate surface area is 187 Å². The van der Waals surface area contributed by atoms with Crippen molar-refractivity contribution in [2.75, 3.05) is 18.0 Å². The Morgan fingerprint density at radius 1 is 1.09 bits per heavy atom. The lowest BCUT2D eigenvalue weighted by atomic mass is 9.97. The number of hydrogen-bond acceptors (Lipinski definition) is 6. The number of anilines is 1. The summed E-state index contributed by atoms with van der Waals surface area (Å²) >= 11 is 0. The quantitative estimate of drug-likeness (QED) is 0.558. The summed E-state index contributed by atoms with van der Waals surface area (Å²) in [5.41, 5.74) is -1.14. The molecule has 1 aliphatic heterocycles. The maximum absolute atomic E-state index is 13.4. The van der Waals surface area contributed by atoms with Gasteiger partial charge in [0.25, 0.3) is 0 Å². The number of halogens is 6. The molecular weight excluding hydrogens is 470 g/mol. The number of aliphatic hydroxyl groups excluding tert-OH is 1. The van der Waals surface area contributed by atoms with Gasteiger partial charge in [0, 0.05) is 12.7 Å².